The molecule has 1 rings (SSSR count). The second-order valence-electron chi connectivity index (χ2n) is 3.36. The van der Waals surface area contributed by atoms with Gasteiger partial charge in [-0.3, -0.25) is 0 Å². The lowest BCUT2D eigenvalue weighted by atomic mass is 10.2. The lowest BCUT2D eigenvalue weighted by molar-refractivity contribution is 0.132. The average molecular weight is 159 g/mol. The Kier molecular flexibility index (Phi) is 3.30. The molecule has 0 bridgehead atoms. The zero-order valence-electron chi connectivity index (χ0n) is 6.95. The Balaban J connectivity index is 2.15. The molecule has 0 spiro atoms. The van der Waals surface area contributed by atoms with Gasteiger partial charge in [0.2, 0.25) is 0 Å². The molecule has 0 aromatic heterocycles. The molecule has 0 saturated heterocycles. The maximum absolute atomic E-state index is 9.36. The van der Waals surface area contributed by atoms with Crippen molar-refractivity contribution >= 4 is 0 Å². The minimum absolute atomic E-state index is 0.200. The third-order valence-corrected chi connectivity index (χ3v) is 2.15. The second kappa shape index (κ2) is 4.04. The molecular formula is C8H17NO2. The summed E-state index contributed by atoms with van der Waals surface area (Å²) in [5, 5.41) is 21.4. The fourth-order valence-electron chi connectivity index (χ4n) is 1.50. The predicted octanol–water partition coefficient (Wildman–Crippen LogP) is -0.130. The summed E-state index contributed by atoms with van der Waals surface area (Å²) in [5.41, 5.74) is 0. The van der Waals surface area contributed by atoms with E-state index in [9.17, 15) is 5.11 Å². The van der Waals surface area contributed by atoms with E-state index < -0.39 is 0 Å². The zero-order chi connectivity index (χ0) is 8.27. The van der Waals surface area contributed by atoms with E-state index in [0.29, 0.717) is 6.54 Å². The van der Waals surface area contributed by atoms with Gasteiger partial charge in [0, 0.05) is 12.6 Å². The molecule has 0 amide bonds. The first kappa shape index (κ1) is 8.97. The first-order valence-electron chi connectivity index (χ1n) is 4.29. The molecule has 0 radical (unpaired) electrons. The molecule has 3 heteroatoms. The number of nitrogens with one attached hydrogen (secondary N) is 1. The summed E-state index contributed by atoms with van der Waals surface area (Å²) in [6.07, 6.45) is 2.51. The molecule has 66 valence electrons. The van der Waals surface area contributed by atoms with E-state index >= 15 is 0 Å². The van der Waals surface area contributed by atoms with Gasteiger partial charge < -0.3 is 15.5 Å². The highest BCUT2D eigenvalue weighted by molar-refractivity contribution is 4.82. The molecule has 2 unspecified atom stereocenters. The molecule has 0 heterocycles. The lowest BCUT2D eigenvalue weighted by Gasteiger charge is -2.17. The smallest absolute Gasteiger partial charge is 0.0693 e. The topological polar surface area (TPSA) is 52.5 Å². The summed E-state index contributed by atoms with van der Waals surface area (Å²) in [6, 6.07) is 0.213. The van der Waals surface area contributed by atoms with E-state index in [0.717, 1.165) is 19.3 Å². The molecule has 11 heavy (non-hydrogen) atoms. The molecule has 0 aromatic carbocycles. The Bertz CT molecular complexity index is 117. The SMILES string of the molecule is C[C@@H](O)CNC1CCCC1O. The van der Waals surface area contributed by atoms with Crippen LogP contribution in [-0.2, 0) is 0 Å². The number of hydrogen-bond donors (Lipinski definition) is 3. The van der Waals surface area contributed by atoms with Gasteiger partial charge in [-0.15, -0.1) is 0 Å². The van der Waals surface area contributed by atoms with E-state index in [-0.39, 0.29) is 18.2 Å². The molecule has 0 aliphatic heterocycles. The van der Waals surface area contributed by atoms with Crippen LogP contribution >= 0.6 is 0 Å². The van der Waals surface area contributed by atoms with Gasteiger partial charge in [0.1, 0.15) is 0 Å². The van der Waals surface area contributed by atoms with Crippen LogP contribution in [0.15, 0.2) is 0 Å². The maximum Gasteiger partial charge on any atom is 0.0693 e. The van der Waals surface area contributed by atoms with E-state index in [4.69, 9.17) is 5.11 Å². The highest BCUT2D eigenvalue weighted by Crippen LogP contribution is 2.18. The highest BCUT2D eigenvalue weighted by Gasteiger charge is 2.24. The Hall–Kier alpha value is -0.120. The van der Waals surface area contributed by atoms with E-state index in [1.54, 1.807) is 6.92 Å². The highest BCUT2D eigenvalue weighted by atomic mass is 16.3. The Morgan fingerprint density at radius 3 is 2.73 bits per heavy atom. The van der Waals surface area contributed by atoms with Crippen molar-refractivity contribution in [3.05, 3.63) is 0 Å². The number of rotatable bonds is 3. The van der Waals surface area contributed by atoms with Crippen molar-refractivity contribution in [2.75, 3.05) is 6.54 Å². The molecule has 3 atom stereocenters. The maximum atomic E-state index is 9.36. The summed E-state index contributed by atoms with van der Waals surface area (Å²) >= 11 is 0. The molecule has 1 aliphatic rings. The van der Waals surface area contributed by atoms with E-state index in [2.05, 4.69) is 5.32 Å². The fourth-order valence-corrected chi connectivity index (χ4v) is 1.50. The predicted molar refractivity (Wildman–Crippen MR) is 43.3 cm³/mol. The van der Waals surface area contributed by atoms with Gasteiger partial charge in [-0.05, 0) is 26.2 Å². The third-order valence-electron chi connectivity index (χ3n) is 2.15. The normalized spacial score (nSPS) is 34.1. The lowest BCUT2D eigenvalue weighted by Crippen LogP contribution is -2.39. The summed E-state index contributed by atoms with van der Waals surface area (Å²) in [4.78, 5) is 0. The van der Waals surface area contributed by atoms with Crippen LogP contribution in [0.1, 0.15) is 26.2 Å². The van der Waals surface area contributed by atoms with E-state index in [1.165, 1.54) is 0 Å². The van der Waals surface area contributed by atoms with Crippen LogP contribution in [0.5, 0.6) is 0 Å². The van der Waals surface area contributed by atoms with Crippen LogP contribution in [0.25, 0.3) is 0 Å². The Morgan fingerprint density at radius 2 is 2.27 bits per heavy atom. The molecular weight excluding hydrogens is 142 g/mol. The monoisotopic (exact) mass is 159 g/mol. The third kappa shape index (κ3) is 2.77. The van der Waals surface area contributed by atoms with Crippen LogP contribution in [-0.4, -0.2) is 35.0 Å². The van der Waals surface area contributed by atoms with Crippen molar-refractivity contribution < 1.29 is 10.2 Å². The summed E-state index contributed by atoms with van der Waals surface area (Å²) in [6.45, 7) is 2.33. The standard InChI is InChI=1S/C8H17NO2/c1-6(10)5-9-7-3-2-4-8(7)11/h6-11H,2-5H2,1H3/t6-,7?,8?/m1/s1. The van der Waals surface area contributed by atoms with Gasteiger partial charge in [-0.25, -0.2) is 0 Å². The summed E-state index contributed by atoms with van der Waals surface area (Å²) < 4.78 is 0. The van der Waals surface area contributed by atoms with Crippen molar-refractivity contribution in [1.82, 2.24) is 5.32 Å². The second-order valence-corrected chi connectivity index (χ2v) is 3.36. The summed E-state index contributed by atoms with van der Waals surface area (Å²) in [7, 11) is 0. The molecule has 3 N–H and O–H groups in total. The van der Waals surface area contributed by atoms with Crippen LogP contribution in [0, 0.1) is 0 Å². The summed E-state index contributed by atoms with van der Waals surface area (Å²) in [5.74, 6) is 0. The van der Waals surface area contributed by atoms with Crippen LogP contribution < -0.4 is 5.32 Å². The van der Waals surface area contributed by atoms with Gasteiger partial charge in [0.25, 0.3) is 0 Å². The van der Waals surface area contributed by atoms with Crippen molar-refractivity contribution in [1.29, 1.82) is 0 Å². The van der Waals surface area contributed by atoms with Crippen LogP contribution in [0.2, 0.25) is 0 Å². The van der Waals surface area contributed by atoms with Crippen molar-refractivity contribution in [2.24, 2.45) is 0 Å². The fraction of sp³-hybridized carbons (Fsp3) is 1.00. The van der Waals surface area contributed by atoms with Crippen molar-refractivity contribution in [3.8, 4) is 0 Å². The van der Waals surface area contributed by atoms with Crippen LogP contribution in [0.3, 0.4) is 0 Å². The number of hydrogen-bond acceptors (Lipinski definition) is 3. The van der Waals surface area contributed by atoms with Gasteiger partial charge in [0.05, 0.1) is 12.2 Å². The van der Waals surface area contributed by atoms with Gasteiger partial charge in [0.15, 0.2) is 0 Å². The zero-order valence-corrected chi connectivity index (χ0v) is 6.95. The minimum atomic E-state index is -0.317. The molecule has 0 aromatic rings. The largest absolute Gasteiger partial charge is 0.392 e. The Morgan fingerprint density at radius 1 is 1.55 bits per heavy atom. The van der Waals surface area contributed by atoms with E-state index in [1.807, 2.05) is 0 Å². The Labute approximate surface area is 67.4 Å². The number of aliphatic hydroxyl groups is 2. The van der Waals surface area contributed by atoms with Crippen molar-refractivity contribution in [3.63, 3.8) is 0 Å². The number of aliphatic hydroxyl groups excluding tert-OH is 2. The quantitative estimate of drug-likeness (QED) is 0.537. The van der Waals surface area contributed by atoms with Gasteiger partial charge in [-0.1, -0.05) is 0 Å². The minimum Gasteiger partial charge on any atom is -0.392 e. The van der Waals surface area contributed by atoms with Gasteiger partial charge >= 0.3 is 0 Å². The molecule has 1 saturated carbocycles. The van der Waals surface area contributed by atoms with Crippen molar-refractivity contribution in [2.45, 2.75) is 44.4 Å². The average Bonchev–Trinajstić information content (AvgIpc) is 2.31. The van der Waals surface area contributed by atoms with Crippen LogP contribution in [0.4, 0.5) is 0 Å². The molecule has 3 nitrogen and oxygen atoms in total. The molecule has 1 aliphatic carbocycles. The molecule has 1 fully saturated rings. The van der Waals surface area contributed by atoms with Gasteiger partial charge in [-0.2, -0.15) is 0 Å². The first-order valence-corrected chi connectivity index (χ1v) is 4.29. The first-order chi connectivity index (χ1) is 5.20.